The summed E-state index contributed by atoms with van der Waals surface area (Å²) in [4.78, 5) is 33.7. The number of rotatable bonds is 7. The number of hydrogen-bond acceptors (Lipinski definition) is 10. The lowest BCUT2D eigenvalue weighted by Gasteiger charge is -2.29. The van der Waals surface area contributed by atoms with Crippen LogP contribution in [0, 0.1) is 26.1 Å². The number of non-ortho nitro benzene ring substituents is 1. The van der Waals surface area contributed by atoms with Gasteiger partial charge in [-0.05, 0) is 25.5 Å². The minimum Gasteiger partial charge on any atom is -0.481 e. The minimum atomic E-state index is -0.810. The molecule has 0 saturated carbocycles. The standard InChI is InChI=1S/C15H16N6O6S/c22-14(23)9-2-1-5-19(7-9)8-13-17-18-15(28-13)16-11-4-3-10(20(24)25)6-12(11)21(26)27/h3-4,6,9H,1-2,5,7-8H2,(H,16,18)(H,22,23). The first-order valence-electron chi connectivity index (χ1n) is 8.31. The van der Waals surface area contributed by atoms with Crippen LogP contribution in [0.5, 0.6) is 0 Å². The molecular weight excluding hydrogens is 392 g/mol. The average Bonchev–Trinajstić information content (AvgIpc) is 3.08. The van der Waals surface area contributed by atoms with Gasteiger partial charge in [0.1, 0.15) is 10.7 Å². The summed E-state index contributed by atoms with van der Waals surface area (Å²) in [6.45, 7) is 1.64. The van der Waals surface area contributed by atoms with Gasteiger partial charge in [0.2, 0.25) is 5.13 Å². The Bertz CT molecular complexity index is 918. The van der Waals surface area contributed by atoms with Crippen molar-refractivity contribution in [2.75, 3.05) is 18.4 Å². The molecule has 1 saturated heterocycles. The molecule has 2 heterocycles. The van der Waals surface area contributed by atoms with Crippen LogP contribution < -0.4 is 5.32 Å². The zero-order chi connectivity index (χ0) is 20.3. The van der Waals surface area contributed by atoms with Crippen molar-refractivity contribution in [1.29, 1.82) is 0 Å². The third-order valence-electron chi connectivity index (χ3n) is 4.31. The first-order chi connectivity index (χ1) is 13.3. The number of carbonyl (C=O) groups is 1. The van der Waals surface area contributed by atoms with Crippen LogP contribution in [-0.2, 0) is 11.3 Å². The lowest BCUT2D eigenvalue weighted by molar-refractivity contribution is -0.393. The fourth-order valence-electron chi connectivity index (χ4n) is 2.97. The Kier molecular flexibility index (Phi) is 5.75. The number of nitrogens with one attached hydrogen (secondary N) is 1. The molecule has 1 atom stereocenters. The van der Waals surface area contributed by atoms with Crippen LogP contribution in [0.3, 0.4) is 0 Å². The third-order valence-corrected chi connectivity index (χ3v) is 5.13. The Balaban J connectivity index is 1.70. The Morgan fingerprint density at radius 2 is 2.11 bits per heavy atom. The van der Waals surface area contributed by atoms with Crippen molar-refractivity contribution in [1.82, 2.24) is 15.1 Å². The highest BCUT2D eigenvalue weighted by molar-refractivity contribution is 7.15. The van der Waals surface area contributed by atoms with Gasteiger partial charge in [-0.3, -0.25) is 29.9 Å². The smallest absolute Gasteiger partial charge is 0.307 e. The number of piperidine rings is 1. The Labute approximate surface area is 162 Å². The summed E-state index contributed by atoms with van der Waals surface area (Å²) in [6.07, 6.45) is 1.44. The second-order valence-electron chi connectivity index (χ2n) is 6.25. The molecule has 0 spiro atoms. The van der Waals surface area contributed by atoms with Gasteiger partial charge in [0.15, 0.2) is 0 Å². The van der Waals surface area contributed by atoms with E-state index in [0.717, 1.165) is 25.1 Å². The Morgan fingerprint density at radius 3 is 2.79 bits per heavy atom. The highest BCUT2D eigenvalue weighted by Crippen LogP contribution is 2.32. The van der Waals surface area contributed by atoms with Gasteiger partial charge in [-0.25, -0.2) is 0 Å². The van der Waals surface area contributed by atoms with Gasteiger partial charge in [0, 0.05) is 12.6 Å². The van der Waals surface area contributed by atoms with E-state index in [0.29, 0.717) is 29.6 Å². The third kappa shape index (κ3) is 4.55. The fourth-order valence-corrected chi connectivity index (χ4v) is 3.76. The molecule has 1 fully saturated rings. The normalized spacial score (nSPS) is 17.2. The molecule has 2 aromatic rings. The maximum absolute atomic E-state index is 11.2. The maximum atomic E-state index is 11.2. The number of hydrogen-bond donors (Lipinski definition) is 2. The van der Waals surface area contributed by atoms with Gasteiger partial charge in [0.25, 0.3) is 11.4 Å². The van der Waals surface area contributed by atoms with E-state index in [4.69, 9.17) is 5.11 Å². The summed E-state index contributed by atoms with van der Waals surface area (Å²) in [5.74, 6) is -1.21. The van der Waals surface area contributed by atoms with Gasteiger partial charge in [0.05, 0.1) is 28.4 Å². The first-order valence-corrected chi connectivity index (χ1v) is 9.12. The molecule has 12 nitrogen and oxygen atoms in total. The van der Waals surface area contributed by atoms with Crippen LogP contribution in [0.25, 0.3) is 0 Å². The second-order valence-corrected chi connectivity index (χ2v) is 7.32. The molecule has 13 heteroatoms. The van der Waals surface area contributed by atoms with Crippen molar-refractivity contribution in [3.8, 4) is 0 Å². The average molecular weight is 408 g/mol. The molecule has 0 radical (unpaired) electrons. The van der Waals surface area contributed by atoms with Crippen molar-refractivity contribution in [2.45, 2.75) is 19.4 Å². The quantitative estimate of drug-likeness (QED) is 0.513. The van der Waals surface area contributed by atoms with Crippen molar-refractivity contribution in [3.63, 3.8) is 0 Å². The van der Waals surface area contributed by atoms with Crippen molar-refractivity contribution < 1.29 is 19.7 Å². The summed E-state index contributed by atoms with van der Waals surface area (Å²) < 4.78 is 0. The molecule has 0 aliphatic carbocycles. The van der Waals surface area contributed by atoms with Crippen molar-refractivity contribution in [3.05, 3.63) is 43.4 Å². The molecule has 2 N–H and O–H groups in total. The molecular formula is C15H16N6O6S. The van der Waals surface area contributed by atoms with Gasteiger partial charge in [-0.15, -0.1) is 10.2 Å². The monoisotopic (exact) mass is 408 g/mol. The number of carboxylic acid groups (broad SMARTS) is 1. The van der Waals surface area contributed by atoms with E-state index >= 15 is 0 Å². The largest absolute Gasteiger partial charge is 0.481 e. The van der Waals surface area contributed by atoms with E-state index in [2.05, 4.69) is 15.5 Å². The van der Waals surface area contributed by atoms with Crippen molar-refractivity contribution in [2.24, 2.45) is 5.92 Å². The van der Waals surface area contributed by atoms with Gasteiger partial charge >= 0.3 is 5.97 Å². The molecule has 1 aliphatic rings. The second kappa shape index (κ2) is 8.22. The molecule has 1 aliphatic heterocycles. The summed E-state index contributed by atoms with van der Waals surface area (Å²) >= 11 is 1.18. The first kappa shape index (κ1) is 19.6. The van der Waals surface area contributed by atoms with E-state index in [1.807, 2.05) is 4.90 Å². The molecule has 148 valence electrons. The van der Waals surface area contributed by atoms with E-state index in [1.54, 1.807) is 0 Å². The van der Waals surface area contributed by atoms with E-state index < -0.39 is 27.4 Å². The SMILES string of the molecule is O=C(O)C1CCCN(Cc2nnc(Nc3ccc([N+](=O)[O-])cc3[N+](=O)[O-])s2)C1. The molecule has 28 heavy (non-hydrogen) atoms. The van der Waals surface area contributed by atoms with Gasteiger partial charge < -0.3 is 10.4 Å². The van der Waals surface area contributed by atoms with Gasteiger partial charge in [-0.2, -0.15) is 0 Å². The maximum Gasteiger partial charge on any atom is 0.307 e. The number of anilines is 2. The van der Waals surface area contributed by atoms with Crippen LogP contribution in [0.1, 0.15) is 17.8 Å². The summed E-state index contributed by atoms with van der Waals surface area (Å²) in [6, 6.07) is 3.29. The Morgan fingerprint density at radius 1 is 1.32 bits per heavy atom. The molecule has 1 aromatic heterocycles. The van der Waals surface area contributed by atoms with E-state index in [-0.39, 0.29) is 11.4 Å². The number of benzene rings is 1. The molecule has 0 amide bonds. The minimum absolute atomic E-state index is 0.0715. The van der Waals surface area contributed by atoms with E-state index in [1.165, 1.54) is 17.4 Å². The molecule has 3 rings (SSSR count). The highest BCUT2D eigenvalue weighted by atomic mass is 32.1. The predicted octanol–water partition coefficient (Wildman–Crippen LogP) is 2.39. The van der Waals surface area contributed by atoms with Crippen LogP contribution in [-0.4, -0.2) is 49.1 Å². The lowest BCUT2D eigenvalue weighted by atomic mass is 9.98. The number of nitro benzene ring substituents is 2. The lowest BCUT2D eigenvalue weighted by Crippen LogP contribution is -2.38. The summed E-state index contributed by atoms with van der Waals surface area (Å²) in [7, 11) is 0. The number of aliphatic carboxylic acids is 1. The number of nitrogens with zero attached hydrogens (tertiary/aromatic N) is 5. The Hall–Kier alpha value is -3.19. The fraction of sp³-hybridized carbons (Fsp3) is 0.400. The van der Waals surface area contributed by atoms with Crippen LogP contribution in [0.2, 0.25) is 0 Å². The zero-order valence-electron chi connectivity index (χ0n) is 14.5. The number of aromatic nitrogens is 2. The van der Waals surface area contributed by atoms with Crippen LogP contribution >= 0.6 is 11.3 Å². The summed E-state index contributed by atoms with van der Waals surface area (Å²) in [5.41, 5.74) is -0.748. The number of likely N-dealkylation sites (tertiary alicyclic amines) is 1. The number of carboxylic acids is 1. The van der Waals surface area contributed by atoms with Crippen LogP contribution in [0.15, 0.2) is 18.2 Å². The van der Waals surface area contributed by atoms with E-state index in [9.17, 15) is 25.0 Å². The molecule has 1 unspecified atom stereocenters. The summed E-state index contributed by atoms with van der Waals surface area (Å²) in [5, 5.41) is 42.9. The highest BCUT2D eigenvalue weighted by Gasteiger charge is 2.26. The van der Waals surface area contributed by atoms with Crippen LogP contribution in [0.4, 0.5) is 22.2 Å². The number of nitro groups is 2. The van der Waals surface area contributed by atoms with Gasteiger partial charge in [-0.1, -0.05) is 11.3 Å². The topological polar surface area (TPSA) is 165 Å². The van der Waals surface area contributed by atoms with Crippen molar-refractivity contribution >= 4 is 39.5 Å². The molecule has 1 aromatic carbocycles. The molecule has 0 bridgehead atoms. The zero-order valence-corrected chi connectivity index (χ0v) is 15.3. The predicted molar refractivity (Wildman–Crippen MR) is 98.6 cm³/mol.